The maximum atomic E-state index is 12.9. The molecule has 0 bridgehead atoms. The van der Waals surface area contributed by atoms with Gasteiger partial charge in [0, 0.05) is 6.42 Å². The number of fused-ring (bicyclic) bond motifs is 1. The summed E-state index contributed by atoms with van der Waals surface area (Å²) in [6, 6.07) is 11.1. The zero-order valence-electron chi connectivity index (χ0n) is 15.4. The Balaban J connectivity index is 1.74. The molecule has 0 unspecified atom stereocenters. The maximum absolute atomic E-state index is 12.9. The molecule has 3 rings (SSSR count). The third kappa shape index (κ3) is 4.09. The average Bonchev–Trinajstić information content (AvgIpc) is 2.67. The Morgan fingerprint density at radius 2 is 2.04 bits per heavy atom. The van der Waals surface area contributed by atoms with E-state index in [1.807, 2.05) is 0 Å². The van der Waals surface area contributed by atoms with Crippen LogP contribution in [0, 0.1) is 0 Å². The van der Waals surface area contributed by atoms with E-state index in [4.69, 9.17) is 9.47 Å². The normalized spacial score (nSPS) is 14.3. The number of benzene rings is 2. The molecular weight excluding hydrogens is 384 g/mol. The summed E-state index contributed by atoms with van der Waals surface area (Å²) in [4.78, 5) is 23.8. The molecule has 9 heteroatoms. The largest absolute Gasteiger partial charge is 0.495 e. The summed E-state index contributed by atoms with van der Waals surface area (Å²) in [6.07, 6.45) is -0.236. The van der Waals surface area contributed by atoms with Crippen LogP contribution in [0.5, 0.6) is 11.5 Å². The second kappa shape index (κ2) is 7.89. The van der Waals surface area contributed by atoms with E-state index in [-0.39, 0.29) is 23.8 Å². The fraction of sp³-hybridized carbons (Fsp3) is 0.263. The number of methoxy groups -OCH3 is 1. The lowest BCUT2D eigenvalue weighted by Crippen LogP contribution is -2.27. The molecule has 0 radical (unpaired) electrons. The van der Waals surface area contributed by atoms with Gasteiger partial charge in [0.05, 0.1) is 28.6 Å². The van der Waals surface area contributed by atoms with Gasteiger partial charge in [-0.1, -0.05) is 12.1 Å². The van der Waals surface area contributed by atoms with Crippen molar-refractivity contribution in [2.75, 3.05) is 24.4 Å². The van der Waals surface area contributed by atoms with Gasteiger partial charge in [-0.3, -0.25) is 9.59 Å². The molecule has 28 heavy (non-hydrogen) atoms. The van der Waals surface area contributed by atoms with E-state index in [9.17, 15) is 18.0 Å². The lowest BCUT2D eigenvalue weighted by atomic mass is 10.2. The molecule has 8 nitrogen and oxygen atoms in total. The third-order valence-corrected chi connectivity index (χ3v) is 6.43. The van der Waals surface area contributed by atoms with E-state index in [2.05, 4.69) is 10.6 Å². The Kier molecular flexibility index (Phi) is 5.55. The van der Waals surface area contributed by atoms with Crippen LogP contribution in [0.15, 0.2) is 47.4 Å². The predicted molar refractivity (Wildman–Crippen MR) is 103 cm³/mol. The first-order valence-electron chi connectivity index (χ1n) is 8.54. The Morgan fingerprint density at radius 3 is 2.79 bits per heavy atom. The lowest BCUT2D eigenvalue weighted by Gasteiger charge is -2.19. The van der Waals surface area contributed by atoms with E-state index in [0.29, 0.717) is 22.9 Å². The van der Waals surface area contributed by atoms with Gasteiger partial charge in [-0.25, -0.2) is 8.42 Å². The Morgan fingerprint density at radius 1 is 1.29 bits per heavy atom. The molecule has 1 atom stereocenters. The fourth-order valence-electron chi connectivity index (χ4n) is 2.79. The second-order valence-electron chi connectivity index (χ2n) is 6.30. The van der Waals surface area contributed by atoms with Gasteiger partial charge in [0.2, 0.25) is 5.91 Å². The minimum Gasteiger partial charge on any atom is -0.495 e. The summed E-state index contributed by atoms with van der Waals surface area (Å²) in [6.45, 7) is 1.35. The molecule has 0 spiro atoms. The van der Waals surface area contributed by atoms with Crippen LogP contribution in [-0.2, 0) is 19.4 Å². The smallest absolute Gasteiger partial charge is 0.262 e. The highest BCUT2D eigenvalue weighted by Crippen LogP contribution is 2.32. The number of para-hydroxylation sites is 2. The molecule has 0 aromatic heterocycles. The molecule has 1 aliphatic rings. The quantitative estimate of drug-likeness (QED) is 0.764. The number of carbonyl (C=O) groups excluding carboxylic acids is 2. The van der Waals surface area contributed by atoms with Gasteiger partial charge in [-0.05, 0) is 37.3 Å². The molecule has 0 saturated carbocycles. The van der Waals surface area contributed by atoms with E-state index < -0.39 is 21.0 Å². The summed E-state index contributed by atoms with van der Waals surface area (Å²) >= 11 is 0. The van der Waals surface area contributed by atoms with Crippen molar-refractivity contribution in [3.8, 4) is 11.5 Å². The summed E-state index contributed by atoms with van der Waals surface area (Å²) in [7, 11) is -2.31. The van der Waals surface area contributed by atoms with Crippen LogP contribution < -0.4 is 20.1 Å². The van der Waals surface area contributed by atoms with Crippen LogP contribution in [0.2, 0.25) is 0 Å². The zero-order chi connectivity index (χ0) is 20.3. The zero-order valence-corrected chi connectivity index (χ0v) is 16.2. The monoisotopic (exact) mass is 404 g/mol. The van der Waals surface area contributed by atoms with Gasteiger partial charge in [0.25, 0.3) is 5.91 Å². The van der Waals surface area contributed by atoms with E-state index in [1.54, 1.807) is 24.3 Å². The number of ether oxygens (including phenoxy) is 2. The number of hydrogen-bond acceptors (Lipinski definition) is 6. The van der Waals surface area contributed by atoms with Gasteiger partial charge < -0.3 is 20.1 Å². The summed E-state index contributed by atoms with van der Waals surface area (Å²) in [5.74, 6) is 0.0818. The molecule has 148 valence electrons. The van der Waals surface area contributed by atoms with Crippen LogP contribution in [-0.4, -0.2) is 39.2 Å². The number of hydrogen-bond donors (Lipinski definition) is 2. The van der Waals surface area contributed by atoms with E-state index in [1.165, 1.54) is 32.2 Å². The SMILES string of the molecule is COc1ccccc1NC(=O)C[C@H](C)S(=O)(=O)c1ccc2c(c1)NC(=O)CO2. The Labute approximate surface area is 162 Å². The minimum absolute atomic E-state index is 0.00893. The highest BCUT2D eigenvalue weighted by Gasteiger charge is 2.28. The summed E-state index contributed by atoms with van der Waals surface area (Å²) in [5, 5.41) is 4.27. The number of amides is 2. The maximum Gasteiger partial charge on any atom is 0.262 e. The van der Waals surface area contributed by atoms with Crippen molar-refractivity contribution < 1.29 is 27.5 Å². The van der Waals surface area contributed by atoms with Crippen molar-refractivity contribution in [3.63, 3.8) is 0 Å². The summed E-state index contributed by atoms with van der Waals surface area (Å²) < 4.78 is 36.1. The standard InChI is InChI=1S/C19H20N2O6S/c1-12(9-18(22)20-14-5-3-4-6-16(14)26-2)28(24,25)13-7-8-17-15(10-13)21-19(23)11-27-17/h3-8,10,12H,9,11H2,1-2H3,(H,20,22)(H,21,23)/t12-/m0/s1. The van der Waals surface area contributed by atoms with Crippen molar-refractivity contribution in [1.29, 1.82) is 0 Å². The molecular formula is C19H20N2O6S. The lowest BCUT2D eigenvalue weighted by molar-refractivity contribution is -0.118. The van der Waals surface area contributed by atoms with Gasteiger partial charge in [-0.2, -0.15) is 0 Å². The van der Waals surface area contributed by atoms with E-state index >= 15 is 0 Å². The molecule has 2 aromatic rings. The van der Waals surface area contributed by atoms with Gasteiger partial charge in [0.1, 0.15) is 11.5 Å². The van der Waals surface area contributed by atoms with Crippen molar-refractivity contribution in [2.24, 2.45) is 0 Å². The number of carbonyl (C=O) groups is 2. The fourth-order valence-corrected chi connectivity index (χ4v) is 4.17. The van der Waals surface area contributed by atoms with Crippen LogP contribution in [0.3, 0.4) is 0 Å². The van der Waals surface area contributed by atoms with Gasteiger partial charge in [0.15, 0.2) is 16.4 Å². The topological polar surface area (TPSA) is 111 Å². The van der Waals surface area contributed by atoms with Crippen molar-refractivity contribution in [1.82, 2.24) is 0 Å². The van der Waals surface area contributed by atoms with Crippen molar-refractivity contribution in [2.45, 2.75) is 23.5 Å². The molecule has 2 amide bonds. The van der Waals surface area contributed by atoms with E-state index in [0.717, 1.165) is 0 Å². The average molecular weight is 404 g/mol. The van der Waals surface area contributed by atoms with Crippen LogP contribution in [0.25, 0.3) is 0 Å². The minimum atomic E-state index is -3.79. The molecule has 1 aliphatic heterocycles. The first kappa shape index (κ1) is 19.7. The highest BCUT2D eigenvalue weighted by molar-refractivity contribution is 7.92. The molecule has 0 saturated heterocycles. The third-order valence-electron chi connectivity index (χ3n) is 4.30. The van der Waals surface area contributed by atoms with Crippen molar-refractivity contribution in [3.05, 3.63) is 42.5 Å². The van der Waals surface area contributed by atoms with Crippen LogP contribution >= 0.6 is 0 Å². The molecule has 0 aliphatic carbocycles. The molecule has 1 heterocycles. The highest BCUT2D eigenvalue weighted by atomic mass is 32.2. The molecule has 2 N–H and O–H groups in total. The number of sulfone groups is 1. The number of anilines is 2. The first-order valence-corrected chi connectivity index (χ1v) is 10.1. The predicted octanol–water partition coefficient (Wildman–Crippen LogP) is 2.22. The number of rotatable bonds is 6. The van der Waals surface area contributed by atoms with Crippen LogP contribution in [0.1, 0.15) is 13.3 Å². The molecule has 2 aromatic carbocycles. The first-order chi connectivity index (χ1) is 13.3. The molecule has 0 fully saturated rings. The second-order valence-corrected chi connectivity index (χ2v) is 8.67. The van der Waals surface area contributed by atoms with Crippen molar-refractivity contribution >= 4 is 33.0 Å². The Hall–Kier alpha value is -3.07. The van der Waals surface area contributed by atoms with Gasteiger partial charge in [-0.15, -0.1) is 0 Å². The number of nitrogens with one attached hydrogen (secondary N) is 2. The Bertz CT molecular complexity index is 1020. The van der Waals surface area contributed by atoms with Crippen LogP contribution in [0.4, 0.5) is 11.4 Å². The van der Waals surface area contributed by atoms with Gasteiger partial charge >= 0.3 is 0 Å². The summed E-state index contributed by atoms with van der Waals surface area (Å²) in [5.41, 5.74) is 0.760.